The van der Waals surface area contributed by atoms with Gasteiger partial charge in [-0.05, 0) is 25.0 Å². The van der Waals surface area contributed by atoms with Crippen LogP contribution in [0.2, 0.25) is 0 Å². The first kappa shape index (κ1) is 16.9. The standard InChI is InChI=1S/C20H19NO4/c22-14-15-8-10-17(11-9-15)20(24)25-18(16-6-2-1-3-7-16)19(23)21-12-4-5-13-21/h1-3,6-11,14,18H,4-5,12-13H2/t18-/m1/s1. The van der Waals surface area contributed by atoms with Crippen molar-refractivity contribution >= 4 is 18.2 Å². The summed E-state index contributed by atoms with van der Waals surface area (Å²) in [6, 6.07) is 15.2. The molecule has 0 saturated carbocycles. The maximum atomic E-state index is 12.8. The molecule has 0 unspecified atom stereocenters. The van der Waals surface area contributed by atoms with Crippen molar-refractivity contribution in [2.75, 3.05) is 13.1 Å². The van der Waals surface area contributed by atoms with Crippen LogP contribution in [0.1, 0.15) is 45.2 Å². The number of esters is 1. The van der Waals surface area contributed by atoms with E-state index in [1.807, 2.05) is 18.2 Å². The average molecular weight is 337 g/mol. The molecule has 5 heteroatoms. The van der Waals surface area contributed by atoms with Crippen molar-refractivity contribution < 1.29 is 19.1 Å². The summed E-state index contributed by atoms with van der Waals surface area (Å²) in [6.07, 6.45) is 1.68. The number of carbonyl (C=O) groups is 3. The van der Waals surface area contributed by atoms with E-state index < -0.39 is 12.1 Å². The van der Waals surface area contributed by atoms with Gasteiger partial charge >= 0.3 is 5.97 Å². The molecule has 0 aliphatic carbocycles. The van der Waals surface area contributed by atoms with Gasteiger partial charge in [0.1, 0.15) is 6.29 Å². The van der Waals surface area contributed by atoms with Crippen LogP contribution in [-0.4, -0.2) is 36.2 Å². The molecule has 0 radical (unpaired) electrons. The fourth-order valence-electron chi connectivity index (χ4n) is 2.87. The maximum Gasteiger partial charge on any atom is 0.339 e. The number of ether oxygens (including phenoxy) is 1. The van der Waals surface area contributed by atoms with E-state index in [1.165, 1.54) is 12.1 Å². The Kier molecular flexibility index (Phi) is 5.23. The van der Waals surface area contributed by atoms with Gasteiger partial charge in [0.05, 0.1) is 5.56 Å². The third-order valence-electron chi connectivity index (χ3n) is 4.25. The average Bonchev–Trinajstić information content (AvgIpc) is 3.21. The number of aldehydes is 1. The zero-order valence-electron chi connectivity index (χ0n) is 13.8. The summed E-state index contributed by atoms with van der Waals surface area (Å²) >= 11 is 0. The summed E-state index contributed by atoms with van der Waals surface area (Å²) in [5.74, 6) is -0.777. The molecular formula is C20H19NO4. The van der Waals surface area contributed by atoms with E-state index in [-0.39, 0.29) is 5.91 Å². The minimum atomic E-state index is -0.961. The van der Waals surface area contributed by atoms with Crippen molar-refractivity contribution in [3.63, 3.8) is 0 Å². The van der Waals surface area contributed by atoms with Gasteiger partial charge in [-0.25, -0.2) is 4.79 Å². The van der Waals surface area contributed by atoms with E-state index in [9.17, 15) is 14.4 Å². The van der Waals surface area contributed by atoms with Gasteiger partial charge in [0.25, 0.3) is 5.91 Å². The van der Waals surface area contributed by atoms with Crippen LogP contribution in [0.5, 0.6) is 0 Å². The van der Waals surface area contributed by atoms with Crippen LogP contribution in [0.25, 0.3) is 0 Å². The van der Waals surface area contributed by atoms with Gasteiger partial charge in [-0.1, -0.05) is 42.5 Å². The lowest BCUT2D eigenvalue weighted by molar-refractivity contribution is -0.140. The lowest BCUT2D eigenvalue weighted by atomic mass is 10.1. The van der Waals surface area contributed by atoms with Gasteiger partial charge in [-0.15, -0.1) is 0 Å². The van der Waals surface area contributed by atoms with E-state index >= 15 is 0 Å². The molecule has 1 atom stereocenters. The maximum absolute atomic E-state index is 12.8. The molecule has 1 fully saturated rings. The second kappa shape index (κ2) is 7.75. The molecule has 1 saturated heterocycles. The van der Waals surface area contributed by atoms with Crippen LogP contribution < -0.4 is 0 Å². The van der Waals surface area contributed by atoms with Gasteiger partial charge in [0.2, 0.25) is 6.10 Å². The number of amides is 1. The summed E-state index contributed by atoms with van der Waals surface area (Å²) in [7, 11) is 0. The predicted molar refractivity (Wildman–Crippen MR) is 92.2 cm³/mol. The van der Waals surface area contributed by atoms with Crippen LogP contribution in [0, 0.1) is 0 Å². The van der Waals surface area contributed by atoms with Gasteiger partial charge in [0.15, 0.2) is 0 Å². The van der Waals surface area contributed by atoms with Crippen LogP contribution >= 0.6 is 0 Å². The molecule has 0 N–H and O–H groups in total. The van der Waals surface area contributed by atoms with Gasteiger partial charge in [0, 0.05) is 24.2 Å². The lowest BCUT2D eigenvalue weighted by Gasteiger charge is -2.23. The Bertz CT molecular complexity index is 749. The fraction of sp³-hybridized carbons (Fsp3) is 0.250. The van der Waals surface area contributed by atoms with Crippen molar-refractivity contribution in [2.45, 2.75) is 18.9 Å². The molecule has 1 aliphatic heterocycles. The Morgan fingerprint density at radius 2 is 1.60 bits per heavy atom. The highest BCUT2D eigenvalue weighted by atomic mass is 16.5. The third kappa shape index (κ3) is 3.94. The van der Waals surface area contributed by atoms with Gasteiger partial charge in [-0.3, -0.25) is 9.59 Å². The number of hydrogen-bond donors (Lipinski definition) is 0. The fourth-order valence-corrected chi connectivity index (χ4v) is 2.87. The molecule has 25 heavy (non-hydrogen) atoms. The van der Waals surface area contributed by atoms with Crippen molar-refractivity contribution in [1.82, 2.24) is 4.90 Å². The number of nitrogens with zero attached hydrogens (tertiary/aromatic N) is 1. The molecule has 2 aromatic rings. The summed E-state index contributed by atoms with van der Waals surface area (Å²) in [5.41, 5.74) is 1.43. The highest BCUT2D eigenvalue weighted by molar-refractivity contribution is 5.93. The van der Waals surface area contributed by atoms with E-state index in [0.29, 0.717) is 36.1 Å². The molecule has 0 spiro atoms. The van der Waals surface area contributed by atoms with E-state index in [4.69, 9.17) is 4.74 Å². The molecule has 2 aromatic carbocycles. The first-order chi connectivity index (χ1) is 12.2. The van der Waals surface area contributed by atoms with E-state index in [1.54, 1.807) is 29.2 Å². The Labute approximate surface area is 146 Å². The molecule has 1 amide bonds. The minimum Gasteiger partial charge on any atom is -0.444 e. The number of hydrogen-bond acceptors (Lipinski definition) is 4. The van der Waals surface area contributed by atoms with Crippen molar-refractivity contribution in [1.29, 1.82) is 0 Å². The third-order valence-corrected chi connectivity index (χ3v) is 4.25. The number of carbonyl (C=O) groups excluding carboxylic acids is 3. The normalized spacial score (nSPS) is 14.8. The molecule has 0 aromatic heterocycles. The van der Waals surface area contributed by atoms with Crippen LogP contribution in [0.4, 0.5) is 0 Å². The van der Waals surface area contributed by atoms with E-state index in [2.05, 4.69) is 0 Å². The lowest BCUT2D eigenvalue weighted by Crippen LogP contribution is -2.34. The smallest absolute Gasteiger partial charge is 0.339 e. The summed E-state index contributed by atoms with van der Waals surface area (Å²) < 4.78 is 5.55. The molecule has 1 aliphatic rings. The van der Waals surface area contributed by atoms with Crippen molar-refractivity contribution in [3.05, 3.63) is 71.3 Å². The largest absolute Gasteiger partial charge is 0.444 e. The van der Waals surface area contributed by atoms with Crippen LogP contribution in [0.3, 0.4) is 0 Å². The molecule has 3 rings (SSSR count). The van der Waals surface area contributed by atoms with Gasteiger partial charge < -0.3 is 9.64 Å². The second-order valence-electron chi connectivity index (χ2n) is 5.97. The quantitative estimate of drug-likeness (QED) is 0.621. The number of rotatable bonds is 5. The number of benzene rings is 2. The summed E-state index contributed by atoms with van der Waals surface area (Å²) in [4.78, 5) is 37.7. The molecular weight excluding hydrogens is 318 g/mol. The highest BCUT2D eigenvalue weighted by Gasteiger charge is 2.31. The van der Waals surface area contributed by atoms with Crippen molar-refractivity contribution in [2.24, 2.45) is 0 Å². The summed E-state index contributed by atoms with van der Waals surface area (Å²) in [6.45, 7) is 1.38. The molecule has 0 bridgehead atoms. The number of likely N-dealkylation sites (tertiary alicyclic amines) is 1. The zero-order chi connectivity index (χ0) is 17.6. The van der Waals surface area contributed by atoms with Crippen LogP contribution in [-0.2, 0) is 9.53 Å². The molecule has 1 heterocycles. The Morgan fingerprint density at radius 1 is 0.960 bits per heavy atom. The zero-order valence-corrected chi connectivity index (χ0v) is 13.8. The Morgan fingerprint density at radius 3 is 2.20 bits per heavy atom. The topological polar surface area (TPSA) is 63.7 Å². The monoisotopic (exact) mass is 337 g/mol. The Balaban J connectivity index is 1.82. The summed E-state index contributed by atoms with van der Waals surface area (Å²) in [5, 5.41) is 0. The first-order valence-electron chi connectivity index (χ1n) is 8.29. The van der Waals surface area contributed by atoms with E-state index in [0.717, 1.165) is 12.8 Å². The predicted octanol–water partition coefficient (Wildman–Crippen LogP) is 3.02. The second-order valence-corrected chi connectivity index (χ2v) is 5.97. The van der Waals surface area contributed by atoms with Gasteiger partial charge in [-0.2, -0.15) is 0 Å². The van der Waals surface area contributed by atoms with Crippen molar-refractivity contribution in [3.8, 4) is 0 Å². The SMILES string of the molecule is O=Cc1ccc(C(=O)O[C@@H](C(=O)N2CCCC2)c2ccccc2)cc1. The first-order valence-corrected chi connectivity index (χ1v) is 8.29. The Hall–Kier alpha value is -2.95. The highest BCUT2D eigenvalue weighted by Crippen LogP contribution is 2.24. The minimum absolute atomic E-state index is 0.193. The molecule has 5 nitrogen and oxygen atoms in total. The van der Waals surface area contributed by atoms with Crippen LogP contribution in [0.15, 0.2) is 54.6 Å². The molecule has 128 valence electrons.